The Labute approximate surface area is 337 Å². The van der Waals surface area contributed by atoms with Gasteiger partial charge in [-0.1, -0.05) is 41.9 Å². The monoisotopic (exact) mass is 869 g/mol. The van der Waals surface area contributed by atoms with Crippen LogP contribution in [-0.4, -0.2) is 134 Å². The zero-order valence-electron chi connectivity index (χ0n) is 31.1. The summed E-state index contributed by atoms with van der Waals surface area (Å²) in [7, 11) is -8.33. The van der Waals surface area contributed by atoms with E-state index in [-0.39, 0.29) is 23.6 Å². The molecule has 6 rings (SSSR count). The number of carbonyl (C=O) groups is 2. The molecule has 4 heterocycles. The molecule has 2 aliphatic rings. The summed E-state index contributed by atoms with van der Waals surface area (Å²) in [6, 6.07) is 14.9. The second kappa shape index (κ2) is 18.0. The number of nitrogens with one attached hydrogen (secondary N) is 1. The van der Waals surface area contributed by atoms with E-state index in [0.717, 1.165) is 19.4 Å². The average Bonchev–Trinajstić information content (AvgIpc) is 3.82. The van der Waals surface area contributed by atoms with Gasteiger partial charge in [-0.25, -0.2) is 15.0 Å². The number of carbonyl (C=O) groups excluding carboxylic acids is 2. The van der Waals surface area contributed by atoms with Crippen LogP contribution >= 0.6 is 11.6 Å². The number of imidazole rings is 1. The zero-order chi connectivity index (χ0) is 41.8. The van der Waals surface area contributed by atoms with Crippen LogP contribution in [0.1, 0.15) is 29.1 Å². The van der Waals surface area contributed by atoms with Gasteiger partial charge >= 0.3 is 5.97 Å². The van der Waals surface area contributed by atoms with Crippen molar-refractivity contribution in [3.63, 3.8) is 0 Å². The molecule has 2 fully saturated rings. The van der Waals surface area contributed by atoms with Gasteiger partial charge in [0, 0.05) is 17.5 Å². The van der Waals surface area contributed by atoms with Crippen molar-refractivity contribution in [2.75, 3.05) is 44.3 Å². The molecular formula is C35H40ClN5O15S2. The fourth-order valence-electron chi connectivity index (χ4n) is 6.37. The Morgan fingerprint density at radius 3 is 2.22 bits per heavy atom. The zero-order valence-corrected chi connectivity index (χ0v) is 33.5. The van der Waals surface area contributed by atoms with Gasteiger partial charge in [-0.05, 0) is 29.8 Å². The van der Waals surface area contributed by atoms with Crippen LogP contribution in [0.3, 0.4) is 0 Å². The molecule has 2 aromatic carbocycles. The molecule has 0 bridgehead atoms. The van der Waals surface area contributed by atoms with E-state index in [1.165, 1.54) is 17.2 Å². The maximum atomic E-state index is 12.8. The van der Waals surface area contributed by atoms with Crippen LogP contribution in [0.15, 0.2) is 67.3 Å². The Kier molecular flexibility index (Phi) is 13.4. The van der Waals surface area contributed by atoms with E-state index in [1.54, 1.807) is 54.6 Å². The highest BCUT2D eigenvalue weighted by atomic mass is 35.5. The van der Waals surface area contributed by atoms with E-state index < -0.39 is 107 Å². The van der Waals surface area contributed by atoms with Gasteiger partial charge in [0.15, 0.2) is 29.5 Å². The molecule has 2 aromatic heterocycles. The molecule has 2 aliphatic heterocycles. The predicted molar refractivity (Wildman–Crippen MR) is 201 cm³/mol. The maximum Gasteiger partial charge on any atom is 0.302 e. The summed E-state index contributed by atoms with van der Waals surface area (Å²) in [5, 5.41) is 25.5. The molecule has 23 heteroatoms. The van der Waals surface area contributed by atoms with E-state index in [9.17, 15) is 36.6 Å². The number of benzene rings is 2. The van der Waals surface area contributed by atoms with E-state index in [0.29, 0.717) is 16.1 Å². The Bertz CT molecular complexity index is 2260. The third kappa shape index (κ3) is 10.5. The fraction of sp³-hybridized carbons (Fsp3) is 0.457. The van der Waals surface area contributed by atoms with Gasteiger partial charge in [-0.15, -0.1) is 0 Å². The van der Waals surface area contributed by atoms with Crippen molar-refractivity contribution >= 4 is 60.7 Å². The molecule has 2 saturated heterocycles. The minimum Gasteiger partial charge on any atom is -0.465 e. The van der Waals surface area contributed by atoms with Crippen molar-refractivity contribution in [2.24, 2.45) is 5.92 Å². The van der Waals surface area contributed by atoms with Crippen LogP contribution in [0.25, 0.3) is 11.2 Å². The number of aliphatic hydroxyl groups is 2. The Morgan fingerprint density at radius 1 is 0.914 bits per heavy atom. The number of ether oxygens (including phenoxy) is 5. The lowest BCUT2D eigenvalue weighted by Gasteiger charge is -2.34. The van der Waals surface area contributed by atoms with Gasteiger partial charge in [-0.3, -0.25) is 22.5 Å². The third-order valence-electron chi connectivity index (χ3n) is 9.13. The number of anilines is 1. The first-order valence-electron chi connectivity index (χ1n) is 17.5. The number of aromatic nitrogens is 4. The molecule has 1 amide bonds. The Hall–Kier alpha value is -4.20. The lowest BCUT2D eigenvalue weighted by atomic mass is 9.91. The number of amides is 1. The van der Waals surface area contributed by atoms with Crippen LogP contribution in [-0.2, 0) is 63.7 Å². The number of esters is 1. The first-order valence-corrected chi connectivity index (χ1v) is 21.5. The molecule has 0 saturated carbocycles. The normalized spacial score (nSPS) is 24.6. The fourth-order valence-corrected chi connectivity index (χ4v) is 7.32. The molecule has 58 heavy (non-hydrogen) atoms. The number of fused-ring (bicyclic) bond motifs is 1. The highest BCUT2D eigenvalue weighted by Crippen LogP contribution is 2.42. The highest BCUT2D eigenvalue weighted by molar-refractivity contribution is 7.86. The molecule has 4 aromatic rings. The van der Waals surface area contributed by atoms with Crippen LogP contribution in [0, 0.1) is 5.92 Å². The van der Waals surface area contributed by atoms with Gasteiger partial charge in [0.05, 0.1) is 38.0 Å². The number of hydrogen-bond acceptors (Lipinski definition) is 18. The first kappa shape index (κ1) is 43.4. The van der Waals surface area contributed by atoms with Crippen molar-refractivity contribution in [1.82, 2.24) is 19.5 Å². The number of nitrogens with zero attached hydrogens (tertiary/aromatic N) is 4. The lowest BCUT2D eigenvalue weighted by Crippen LogP contribution is -2.52. The Morgan fingerprint density at radius 2 is 1.59 bits per heavy atom. The maximum absolute atomic E-state index is 12.8. The first-order chi connectivity index (χ1) is 27.4. The topological polar surface area (TPSA) is 263 Å². The van der Waals surface area contributed by atoms with Crippen LogP contribution in [0.2, 0.25) is 5.02 Å². The van der Waals surface area contributed by atoms with E-state index >= 15 is 0 Å². The standard InChI is InChI=1S/C35H40ClN5O15S2/c1-20(42)50-14-24-29(51-13-21-9-11-23(36)12-10-21)35(16-53-57(2,46)47,17-54-58(3,48)49)56-34(24)52-15-25-27(43)28(44)33(55-25)41-19-39-26-30(37-18-38-31(26)41)40-32(45)22-7-5-4-6-8-22/h4-12,18-19,24-25,27-29,33-34,43-44H,13-17H2,1-3H3,(H,37,38,40,45)/t24-,25-,27-,28-,29+,33-,34?/m1/s1. The van der Waals surface area contributed by atoms with Crippen molar-refractivity contribution < 1.29 is 68.7 Å². The smallest absolute Gasteiger partial charge is 0.302 e. The largest absolute Gasteiger partial charge is 0.465 e. The molecule has 0 spiro atoms. The minimum absolute atomic E-state index is 0.0822. The summed E-state index contributed by atoms with van der Waals surface area (Å²) in [5.41, 5.74) is -0.725. The van der Waals surface area contributed by atoms with Crippen LogP contribution in [0.4, 0.5) is 5.82 Å². The molecule has 20 nitrogen and oxygen atoms in total. The average molecular weight is 870 g/mol. The van der Waals surface area contributed by atoms with Gasteiger partial charge < -0.3 is 39.2 Å². The predicted octanol–water partition coefficient (Wildman–Crippen LogP) is 1.18. The lowest BCUT2D eigenvalue weighted by molar-refractivity contribution is -0.216. The number of aliphatic hydroxyl groups excluding tert-OH is 2. The Balaban J connectivity index is 1.25. The third-order valence-corrected chi connectivity index (χ3v) is 10.5. The van der Waals surface area contributed by atoms with Crippen molar-refractivity contribution in [2.45, 2.75) is 56.1 Å². The summed E-state index contributed by atoms with van der Waals surface area (Å²) in [6.07, 6.45) is -4.43. The molecule has 3 N–H and O–H groups in total. The summed E-state index contributed by atoms with van der Waals surface area (Å²) >= 11 is 6.04. The number of hydrogen-bond donors (Lipinski definition) is 3. The van der Waals surface area contributed by atoms with E-state index in [4.69, 9.17) is 43.7 Å². The molecule has 0 aliphatic carbocycles. The quantitative estimate of drug-likeness (QED) is 0.0994. The highest BCUT2D eigenvalue weighted by Gasteiger charge is 2.59. The molecule has 7 atom stereocenters. The summed E-state index contributed by atoms with van der Waals surface area (Å²) in [6.45, 7) is -1.57. The van der Waals surface area contributed by atoms with Crippen molar-refractivity contribution in [1.29, 1.82) is 0 Å². The number of rotatable bonds is 17. The second-order valence-electron chi connectivity index (χ2n) is 13.6. The molecule has 314 valence electrons. The summed E-state index contributed by atoms with van der Waals surface area (Å²) in [5.74, 6) is -2.17. The van der Waals surface area contributed by atoms with Crippen LogP contribution in [0.5, 0.6) is 0 Å². The van der Waals surface area contributed by atoms with Gasteiger partial charge in [-0.2, -0.15) is 16.8 Å². The molecule has 0 radical (unpaired) electrons. The van der Waals surface area contributed by atoms with Gasteiger partial charge in [0.2, 0.25) is 0 Å². The molecular weight excluding hydrogens is 830 g/mol. The van der Waals surface area contributed by atoms with E-state index in [1.807, 2.05) is 0 Å². The van der Waals surface area contributed by atoms with E-state index in [2.05, 4.69) is 20.3 Å². The minimum atomic E-state index is -4.16. The number of halogens is 1. The second-order valence-corrected chi connectivity index (χ2v) is 17.3. The van der Waals surface area contributed by atoms with Gasteiger partial charge in [0.25, 0.3) is 26.1 Å². The summed E-state index contributed by atoms with van der Waals surface area (Å²) < 4.78 is 90.6. The SMILES string of the molecule is CC(=O)OC[C@H]1C(OC[C@H]2O[C@@H](n3cnc4c(NC(=O)c5ccccc5)ncnc43)[C@H](O)[C@@H]2O)OC(COS(C)(=O)=O)(COS(C)(=O)=O)[C@H]1OCc1ccc(Cl)cc1. The summed E-state index contributed by atoms with van der Waals surface area (Å²) in [4.78, 5) is 37.6. The van der Waals surface area contributed by atoms with Crippen molar-refractivity contribution in [3.8, 4) is 0 Å². The van der Waals surface area contributed by atoms with Crippen LogP contribution < -0.4 is 5.32 Å². The van der Waals surface area contributed by atoms with Gasteiger partial charge in [0.1, 0.15) is 56.2 Å². The van der Waals surface area contributed by atoms with Crippen molar-refractivity contribution in [3.05, 3.63) is 83.4 Å². The molecule has 1 unspecified atom stereocenters.